The Morgan fingerprint density at radius 3 is 2.50 bits per heavy atom. The molecule has 0 aromatic heterocycles. The van der Waals surface area contributed by atoms with Crippen molar-refractivity contribution >= 4 is 17.5 Å². The molecule has 0 saturated heterocycles. The van der Waals surface area contributed by atoms with Gasteiger partial charge in [-0.15, -0.1) is 13.2 Å². The maximum absolute atomic E-state index is 12.0. The van der Waals surface area contributed by atoms with E-state index in [1.807, 2.05) is 0 Å². The Kier molecular flexibility index (Phi) is 4.92. The number of hydrogen-bond donors (Lipinski definition) is 3. The maximum Gasteiger partial charge on any atom is 0.573 e. The van der Waals surface area contributed by atoms with Crippen molar-refractivity contribution in [2.75, 3.05) is 12.4 Å². The molecule has 9 heteroatoms. The van der Waals surface area contributed by atoms with Gasteiger partial charge in [-0.25, -0.2) is 0 Å². The molecule has 0 aliphatic carbocycles. The summed E-state index contributed by atoms with van der Waals surface area (Å²) < 4.78 is 39.8. The number of nitrogens with two attached hydrogens (primary N) is 1. The lowest BCUT2D eigenvalue weighted by molar-refractivity contribution is -0.274. The Bertz CT molecular complexity index is 505. The molecular formula is C11H12F3N3O3. The smallest absolute Gasteiger partial charge is 0.406 e. The Labute approximate surface area is 112 Å². The predicted molar refractivity (Wildman–Crippen MR) is 63.8 cm³/mol. The van der Waals surface area contributed by atoms with Crippen molar-refractivity contribution in [2.45, 2.75) is 12.4 Å². The molecule has 1 aromatic carbocycles. The van der Waals surface area contributed by atoms with Crippen LogP contribution in [-0.2, 0) is 9.59 Å². The van der Waals surface area contributed by atoms with E-state index in [2.05, 4.69) is 15.4 Å². The first-order valence-corrected chi connectivity index (χ1v) is 5.37. The van der Waals surface area contributed by atoms with Crippen molar-refractivity contribution in [3.63, 3.8) is 0 Å². The molecule has 0 fully saturated rings. The van der Waals surface area contributed by atoms with Gasteiger partial charge in [0.1, 0.15) is 5.75 Å². The Balaban J connectivity index is 2.76. The average molecular weight is 291 g/mol. The predicted octanol–water partition coefficient (Wildman–Crippen LogP) is 0.597. The Morgan fingerprint density at radius 2 is 1.95 bits per heavy atom. The number of likely N-dealkylation sites (N-methyl/N-ethyl adjacent to an activating group) is 1. The second kappa shape index (κ2) is 6.24. The van der Waals surface area contributed by atoms with Crippen LogP contribution in [0.25, 0.3) is 0 Å². The first kappa shape index (κ1) is 15.8. The van der Waals surface area contributed by atoms with E-state index in [1.54, 1.807) is 0 Å². The number of rotatable bonds is 4. The zero-order valence-corrected chi connectivity index (χ0v) is 10.3. The first-order chi connectivity index (χ1) is 9.23. The van der Waals surface area contributed by atoms with Gasteiger partial charge in [0.2, 0.25) is 5.91 Å². The minimum Gasteiger partial charge on any atom is -0.406 e. The summed E-state index contributed by atoms with van der Waals surface area (Å²) in [7, 11) is 1.30. The lowest BCUT2D eigenvalue weighted by Gasteiger charge is -2.12. The van der Waals surface area contributed by atoms with E-state index in [0.717, 1.165) is 12.1 Å². The van der Waals surface area contributed by atoms with Gasteiger partial charge in [0.25, 0.3) is 5.91 Å². The van der Waals surface area contributed by atoms with Crippen LogP contribution in [0.5, 0.6) is 5.75 Å². The van der Waals surface area contributed by atoms with E-state index in [4.69, 9.17) is 5.73 Å². The molecule has 1 atom stereocenters. The van der Waals surface area contributed by atoms with Crippen LogP contribution in [0.2, 0.25) is 0 Å². The largest absolute Gasteiger partial charge is 0.573 e. The molecule has 0 bridgehead atoms. The summed E-state index contributed by atoms with van der Waals surface area (Å²) in [5.74, 6) is -2.07. The number of nitrogens with one attached hydrogen (secondary N) is 2. The zero-order chi connectivity index (χ0) is 15.3. The van der Waals surface area contributed by atoms with Gasteiger partial charge in [-0.1, -0.05) is 6.07 Å². The standard InChI is InChI=1S/C11H12F3N3O3/c1-16-9(18)8(15)10(19)17-6-3-2-4-7(5-6)20-11(12,13)14/h2-5,8H,15H2,1H3,(H,16,18)(H,17,19). The van der Waals surface area contributed by atoms with Crippen molar-refractivity contribution in [1.82, 2.24) is 5.32 Å². The van der Waals surface area contributed by atoms with E-state index in [0.29, 0.717) is 0 Å². The third-order valence-electron chi connectivity index (χ3n) is 2.15. The van der Waals surface area contributed by atoms with Crippen LogP contribution in [-0.4, -0.2) is 31.3 Å². The summed E-state index contributed by atoms with van der Waals surface area (Å²) in [6, 6.07) is 3.15. The van der Waals surface area contributed by atoms with E-state index >= 15 is 0 Å². The molecule has 1 rings (SSSR count). The zero-order valence-electron chi connectivity index (χ0n) is 10.3. The Hall–Kier alpha value is -2.29. The van der Waals surface area contributed by atoms with E-state index in [1.165, 1.54) is 19.2 Å². The number of carbonyl (C=O) groups excluding carboxylic acids is 2. The summed E-state index contributed by atoms with van der Waals surface area (Å²) in [4.78, 5) is 22.7. The normalized spacial score (nSPS) is 12.4. The van der Waals surface area contributed by atoms with Gasteiger partial charge in [0, 0.05) is 18.8 Å². The van der Waals surface area contributed by atoms with Crippen LogP contribution in [0, 0.1) is 0 Å². The van der Waals surface area contributed by atoms with Crippen molar-refractivity contribution in [3.05, 3.63) is 24.3 Å². The van der Waals surface area contributed by atoms with Crippen LogP contribution in [0.4, 0.5) is 18.9 Å². The molecule has 1 unspecified atom stereocenters. The molecule has 20 heavy (non-hydrogen) atoms. The SMILES string of the molecule is CNC(=O)C(N)C(=O)Nc1cccc(OC(F)(F)F)c1. The highest BCUT2D eigenvalue weighted by atomic mass is 19.4. The number of ether oxygens (including phenoxy) is 1. The van der Waals surface area contributed by atoms with Gasteiger partial charge in [0.15, 0.2) is 6.04 Å². The van der Waals surface area contributed by atoms with Crippen LogP contribution in [0.3, 0.4) is 0 Å². The molecule has 2 amide bonds. The summed E-state index contributed by atoms with van der Waals surface area (Å²) in [6.45, 7) is 0. The van der Waals surface area contributed by atoms with Gasteiger partial charge in [0.05, 0.1) is 0 Å². The number of carbonyl (C=O) groups is 2. The van der Waals surface area contributed by atoms with Gasteiger partial charge in [-0.05, 0) is 12.1 Å². The molecule has 0 spiro atoms. The van der Waals surface area contributed by atoms with Crippen LogP contribution in [0.15, 0.2) is 24.3 Å². The van der Waals surface area contributed by atoms with Gasteiger partial charge < -0.3 is 21.1 Å². The number of hydrogen-bond acceptors (Lipinski definition) is 4. The highest BCUT2D eigenvalue weighted by molar-refractivity contribution is 6.09. The number of alkyl halides is 3. The van der Waals surface area contributed by atoms with Crippen molar-refractivity contribution < 1.29 is 27.5 Å². The fraction of sp³-hybridized carbons (Fsp3) is 0.273. The van der Waals surface area contributed by atoms with E-state index in [9.17, 15) is 22.8 Å². The summed E-state index contributed by atoms with van der Waals surface area (Å²) in [6.07, 6.45) is -4.83. The molecule has 0 aliphatic heterocycles. The third-order valence-corrected chi connectivity index (χ3v) is 2.15. The summed E-state index contributed by atoms with van der Waals surface area (Å²) >= 11 is 0. The van der Waals surface area contributed by atoms with Crippen molar-refractivity contribution in [3.8, 4) is 5.75 Å². The minimum atomic E-state index is -4.83. The highest BCUT2D eigenvalue weighted by Crippen LogP contribution is 2.24. The molecule has 6 nitrogen and oxygen atoms in total. The molecule has 1 aromatic rings. The molecule has 0 saturated carbocycles. The van der Waals surface area contributed by atoms with Gasteiger partial charge in [-0.2, -0.15) is 0 Å². The lowest BCUT2D eigenvalue weighted by atomic mass is 10.2. The molecule has 4 N–H and O–H groups in total. The lowest BCUT2D eigenvalue weighted by Crippen LogP contribution is -2.47. The highest BCUT2D eigenvalue weighted by Gasteiger charge is 2.31. The van der Waals surface area contributed by atoms with Crippen LogP contribution < -0.4 is 21.1 Å². The molecule has 0 radical (unpaired) electrons. The second-order valence-corrected chi connectivity index (χ2v) is 3.66. The number of amides is 2. The van der Waals surface area contributed by atoms with Crippen LogP contribution in [0.1, 0.15) is 0 Å². The summed E-state index contributed by atoms with van der Waals surface area (Å²) in [5, 5.41) is 4.39. The fourth-order valence-corrected chi connectivity index (χ4v) is 1.27. The average Bonchev–Trinajstić information content (AvgIpc) is 2.35. The van der Waals surface area contributed by atoms with Gasteiger partial charge in [-0.3, -0.25) is 9.59 Å². The monoisotopic (exact) mass is 291 g/mol. The van der Waals surface area contributed by atoms with Crippen molar-refractivity contribution in [1.29, 1.82) is 0 Å². The number of benzene rings is 1. The number of anilines is 1. The van der Waals surface area contributed by atoms with Gasteiger partial charge >= 0.3 is 6.36 Å². The molecule has 110 valence electrons. The topological polar surface area (TPSA) is 93.5 Å². The molecule has 0 heterocycles. The fourth-order valence-electron chi connectivity index (χ4n) is 1.27. The first-order valence-electron chi connectivity index (χ1n) is 5.37. The van der Waals surface area contributed by atoms with Crippen LogP contribution >= 0.6 is 0 Å². The van der Waals surface area contributed by atoms with E-state index in [-0.39, 0.29) is 5.69 Å². The summed E-state index contributed by atoms with van der Waals surface area (Å²) in [5.41, 5.74) is 5.35. The molecular weight excluding hydrogens is 279 g/mol. The van der Waals surface area contributed by atoms with E-state index < -0.39 is 30.0 Å². The second-order valence-electron chi connectivity index (χ2n) is 3.66. The maximum atomic E-state index is 12.0. The quantitative estimate of drug-likeness (QED) is 0.708. The third kappa shape index (κ3) is 4.76. The number of halogens is 3. The molecule has 0 aliphatic rings. The minimum absolute atomic E-state index is 0.0242. The van der Waals surface area contributed by atoms with Crippen molar-refractivity contribution in [2.24, 2.45) is 5.73 Å². The Morgan fingerprint density at radius 1 is 1.30 bits per heavy atom.